The van der Waals surface area contributed by atoms with Gasteiger partial charge < -0.3 is 10.1 Å². The minimum absolute atomic E-state index is 0.221. The zero-order valence-corrected chi connectivity index (χ0v) is 10.3. The number of ether oxygens (including phenoxy) is 1. The van der Waals surface area contributed by atoms with Gasteiger partial charge in [-0.1, -0.05) is 29.3 Å². The van der Waals surface area contributed by atoms with Gasteiger partial charge in [0.2, 0.25) is 0 Å². The van der Waals surface area contributed by atoms with Gasteiger partial charge in [0.15, 0.2) is 5.75 Å². The predicted octanol–water partition coefficient (Wildman–Crippen LogP) is 2.87. The molecular formula is C11H12Cl2N2O. The minimum atomic E-state index is -0.221. The maximum absolute atomic E-state index is 8.71. The van der Waals surface area contributed by atoms with Crippen molar-refractivity contribution in [2.45, 2.75) is 12.5 Å². The molecule has 3 nitrogen and oxygen atoms in total. The van der Waals surface area contributed by atoms with E-state index in [9.17, 15) is 0 Å². The Bertz CT molecular complexity index is 370. The highest BCUT2D eigenvalue weighted by atomic mass is 35.5. The number of rotatable bonds is 5. The average molecular weight is 259 g/mol. The molecule has 0 aliphatic carbocycles. The van der Waals surface area contributed by atoms with Crippen LogP contribution >= 0.6 is 23.2 Å². The van der Waals surface area contributed by atoms with Crippen LogP contribution in [-0.2, 0) is 0 Å². The normalized spacial score (nSPS) is 11.9. The molecule has 0 saturated heterocycles. The minimum Gasteiger partial charge on any atom is -0.490 e. The second-order valence-electron chi connectivity index (χ2n) is 3.16. The highest BCUT2D eigenvalue weighted by molar-refractivity contribution is 6.37. The van der Waals surface area contributed by atoms with Crippen LogP contribution in [0.1, 0.15) is 6.42 Å². The van der Waals surface area contributed by atoms with E-state index in [0.29, 0.717) is 28.8 Å². The summed E-state index contributed by atoms with van der Waals surface area (Å²) in [5.41, 5.74) is 0. The third-order valence-electron chi connectivity index (χ3n) is 2.08. The molecule has 0 amide bonds. The lowest BCUT2D eigenvalue weighted by atomic mass is 10.2. The summed E-state index contributed by atoms with van der Waals surface area (Å²) in [6.07, 6.45) is 0.578. The zero-order valence-electron chi connectivity index (χ0n) is 8.84. The monoisotopic (exact) mass is 258 g/mol. The maximum atomic E-state index is 8.71. The van der Waals surface area contributed by atoms with Crippen molar-refractivity contribution in [3.05, 3.63) is 28.2 Å². The zero-order chi connectivity index (χ0) is 12.0. The standard InChI is InChI=1S/C11H12Cl2N2O/c1-15-8(7-14)5-6-16-11-9(12)3-2-4-10(11)13/h2-4,8,15H,5-6H2,1H3. The molecule has 0 aliphatic rings. The fourth-order valence-electron chi connectivity index (χ4n) is 1.17. The van der Waals surface area contributed by atoms with Crippen LogP contribution in [0.2, 0.25) is 10.0 Å². The van der Waals surface area contributed by atoms with Crippen molar-refractivity contribution in [1.29, 1.82) is 5.26 Å². The number of hydrogen-bond acceptors (Lipinski definition) is 3. The molecule has 0 heterocycles. The summed E-state index contributed by atoms with van der Waals surface area (Å²) in [6.45, 7) is 0.391. The smallest absolute Gasteiger partial charge is 0.156 e. The Balaban J connectivity index is 2.52. The quantitative estimate of drug-likeness (QED) is 0.884. The van der Waals surface area contributed by atoms with Gasteiger partial charge in [0.25, 0.3) is 0 Å². The van der Waals surface area contributed by atoms with Crippen LogP contribution in [0.4, 0.5) is 0 Å². The number of nitriles is 1. The Morgan fingerprint density at radius 1 is 1.44 bits per heavy atom. The predicted molar refractivity (Wildman–Crippen MR) is 65.0 cm³/mol. The number of benzene rings is 1. The third-order valence-corrected chi connectivity index (χ3v) is 2.67. The van der Waals surface area contributed by atoms with Crippen molar-refractivity contribution in [1.82, 2.24) is 5.32 Å². The maximum Gasteiger partial charge on any atom is 0.156 e. The van der Waals surface area contributed by atoms with Gasteiger partial charge >= 0.3 is 0 Å². The molecule has 16 heavy (non-hydrogen) atoms. The summed E-state index contributed by atoms with van der Waals surface area (Å²) in [4.78, 5) is 0. The highest BCUT2D eigenvalue weighted by Crippen LogP contribution is 2.32. The van der Waals surface area contributed by atoms with Gasteiger partial charge in [-0.2, -0.15) is 5.26 Å². The van der Waals surface area contributed by atoms with E-state index in [1.807, 2.05) is 0 Å². The highest BCUT2D eigenvalue weighted by Gasteiger charge is 2.08. The topological polar surface area (TPSA) is 45.0 Å². The Labute approximate surface area is 105 Å². The Hall–Kier alpha value is -0.950. The van der Waals surface area contributed by atoms with Crippen molar-refractivity contribution in [2.75, 3.05) is 13.7 Å². The fraction of sp³-hybridized carbons (Fsp3) is 0.364. The lowest BCUT2D eigenvalue weighted by Crippen LogP contribution is -2.25. The first-order chi connectivity index (χ1) is 7.69. The molecule has 0 saturated carbocycles. The molecule has 1 atom stereocenters. The Morgan fingerprint density at radius 2 is 2.06 bits per heavy atom. The van der Waals surface area contributed by atoms with Gasteiger partial charge in [0, 0.05) is 6.42 Å². The van der Waals surface area contributed by atoms with E-state index in [0.717, 1.165) is 0 Å². The lowest BCUT2D eigenvalue weighted by molar-refractivity contribution is 0.300. The largest absolute Gasteiger partial charge is 0.490 e. The number of halogens is 2. The van der Waals surface area contributed by atoms with Gasteiger partial charge in [-0.15, -0.1) is 0 Å². The van der Waals surface area contributed by atoms with Gasteiger partial charge in [0.1, 0.15) is 0 Å². The molecule has 86 valence electrons. The molecule has 0 radical (unpaired) electrons. The van der Waals surface area contributed by atoms with E-state index in [2.05, 4.69) is 11.4 Å². The van der Waals surface area contributed by atoms with E-state index in [-0.39, 0.29) is 6.04 Å². The average Bonchev–Trinajstić information content (AvgIpc) is 2.28. The molecule has 1 aromatic carbocycles. The summed E-state index contributed by atoms with van der Waals surface area (Å²) >= 11 is 11.8. The fourth-order valence-corrected chi connectivity index (χ4v) is 1.68. The molecule has 5 heteroatoms. The van der Waals surface area contributed by atoms with Crippen molar-refractivity contribution >= 4 is 23.2 Å². The molecule has 1 unspecified atom stereocenters. The second kappa shape index (κ2) is 6.59. The van der Waals surface area contributed by atoms with Gasteiger partial charge in [-0.05, 0) is 19.2 Å². The van der Waals surface area contributed by atoms with Crippen molar-refractivity contribution < 1.29 is 4.74 Å². The van der Waals surface area contributed by atoms with E-state index < -0.39 is 0 Å². The van der Waals surface area contributed by atoms with Crippen LogP contribution in [0, 0.1) is 11.3 Å². The molecule has 0 aliphatic heterocycles. The summed E-state index contributed by atoms with van der Waals surface area (Å²) in [6, 6.07) is 7.06. The van der Waals surface area contributed by atoms with Crippen LogP contribution in [0.25, 0.3) is 0 Å². The van der Waals surface area contributed by atoms with E-state index in [1.165, 1.54) is 0 Å². The first-order valence-corrected chi connectivity index (χ1v) is 5.58. The van der Waals surface area contributed by atoms with Gasteiger partial charge in [-0.25, -0.2) is 0 Å². The van der Waals surface area contributed by atoms with Crippen LogP contribution in [-0.4, -0.2) is 19.7 Å². The summed E-state index contributed by atoms with van der Waals surface area (Å²) in [7, 11) is 1.73. The molecule has 1 rings (SSSR count). The first-order valence-electron chi connectivity index (χ1n) is 4.82. The van der Waals surface area contributed by atoms with E-state index in [4.69, 9.17) is 33.2 Å². The summed E-state index contributed by atoms with van der Waals surface area (Å²) < 4.78 is 5.45. The SMILES string of the molecule is CNC(C#N)CCOc1c(Cl)cccc1Cl. The first kappa shape index (κ1) is 13.1. The summed E-state index contributed by atoms with van der Waals surface area (Å²) in [5.74, 6) is 0.471. The molecule has 0 bridgehead atoms. The number of nitrogens with zero attached hydrogens (tertiary/aromatic N) is 1. The van der Waals surface area contributed by atoms with Crippen molar-refractivity contribution in [2.24, 2.45) is 0 Å². The van der Waals surface area contributed by atoms with Crippen LogP contribution in [0.15, 0.2) is 18.2 Å². The molecular weight excluding hydrogens is 247 g/mol. The molecule has 0 spiro atoms. The Morgan fingerprint density at radius 3 is 2.56 bits per heavy atom. The third kappa shape index (κ3) is 3.57. The van der Waals surface area contributed by atoms with Crippen LogP contribution < -0.4 is 10.1 Å². The molecule has 0 fully saturated rings. The second-order valence-corrected chi connectivity index (χ2v) is 3.97. The summed E-state index contributed by atoms with van der Waals surface area (Å²) in [5, 5.41) is 12.5. The van der Waals surface area contributed by atoms with Crippen LogP contribution in [0.5, 0.6) is 5.75 Å². The number of nitrogens with one attached hydrogen (secondary N) is 1. The molecule has 0 aromatic heterocycles. The van der Waals surface area contributed by atoms with Gasteiger partial charge in [-0.3, -0.25) is 0 Å². The number of para-hydroxylation sites is 1. The van der Waals surface area contributed by atoms with E-state index in [1.54, 1.807) is 25.2 Å². The number of hydrogen-bond donors (Lipinski definition) is 1. The molecule has 1 aromatic rings. The Kier molecular flexibility index (Phi) is 5.41. The lowest BCUT2D eigenvalue weighted by Gasteiger charge is -2.11. The van der Waals surface area contributed by atoms with E-state index >= 15 is 0 Å². The molecule has 1 N–H and O–H groups in total. The van der Waals surface area contributed by atoms with Gasteiger partial charge in [0.05, 0.1) is 28.8 Å². The van der Waals surface area contributed by atoms with Crippen molar-refractivity contribution in [3.63, 3.8) is 0 Å². The van der Waals surface area contributed by atoms with Crippen LogP contribution in [0.3, 0.4) is 0 Å². The van der Waals surface area contributed by atoms with Crippen molar-refractivity contribution in [3.8, 4) is 11.8 Å².